The number of halogens is 1. The topological polar surface area (TPSA) is 61.9 Å². The van der Waals surface area contributed by atoms with Crippen molar-refractivity contribution in [1.82, 2.24) is 15.1 Å². The summed E-state index contributed by atoms with van der Waals surface area (Å²) < 4.78 is 5.80. The maximum Gasteiger partial charge on any atom is 0.413 e. The lowest BCUT2D eigenvalue weighted by Crippen LogP contribution is -2.39. The zero-order valence-electron chi connectivity index (χ0n) is 15.6. The molecule has 150 valence electrons. The molecule has 1 N–H and O–H groups in total. The maximum atomic E-state index is 12.9. The SMILES string of the molecule is CN1CCc2cc(C(=O)N3CC[C@@H](NC(=O)Oc4ccc(Cl)s4)C3)sc2CC1. The van der Waals surface area contributed by atoms with Gasteiger partial charge in [0.25, 0.3) is 5.91 Å². The molecule has 1 saturated heterocycles. The zero-order chi connectivity index (χ0) is 19.7. The predicted octanol–water partition coefficient (Wildman–Crippen LogP) is 3.50. The summed E-state index contributed by atoms with van der Waals surface area (Å²) in [4.78, 5) is 31.2. The lowest BCUT2D eigenvalue weighted by atomic mass is 10.1. The summed E-state index contributed by atoms with van der Waals surface area (Å²) in [5.74, 6) is 0.0640. The van der Waals surface area contributed by atoms with E-state index in [2.05, 4.69) is 23.3 Å². The second kappa shape index (κ2) is 8.41. The highest BCUT2D eigenvalue weighted by Crippen LogP contribution is 2.29. The van der Waals surface area contributed by atoms with Gasteiger partial charge >= 0.3 is 6.09 Å². The first-order valence-corrected chi connectivity index (χ1v) is 11.3. The van der Waals surface area contributed by atoms with Crippen molar-refractivity contribution < 1.29 is 14.3 Å². The van der Waals surface area contributed by atoms with Gasteiger partial charge in [-0.05, 0) is 50.1 Å². The van der Waals surface area contributed by atoms with Gasteiger partial charge in [-0.2, -0.15) is 0 Å². The molecule has 2 aromatic heterocycles. The molecular formula is C19H22ClN3O3S2. The van der Waals surface area contributed by atoms with Crippen molar-refractivity contribution in [3.8, 4) is 5.06 Å². The maximum absolute atomic E-state index is 12.9. The average molecular weight is 440 g/mol. The van der Waals surface area contributed by atoms with Gasteiger partial charge in [-0.1, -0.05) is 22.9 Å². The van der Waals surface area contributed by atoms with Gasteiger partial charge in [0.1, 0.15) is 0 Å². The molecule has 1 atom stereocenters. The van der Waals surface area contributed by atoms with E-state index in [1.165, 1.54) is 21.8 Å². The Bertz CT molecular complexity index is 856. The summed E-state index contributed by atoms with van der Waals surface area (Å²) in [5, 5.41) is 3.30. The van der Waals surface area contributed by atoms with E-state index in [9.17, 15) is 9.59 Å². The number of fused-ring (bicyclic) bond motifs is 1. The van der Waals surface area contributed by atoms with Gasteiger partial charge in [-0.3, -0.25) is 4.79 Å². The lowest BCUT2D eigenvalue weighted by molar-refractivity contribution is 0.0793. The van der Waals surface area contributed by atoms with Crippen molar-refractivity contribution in [3.63, 3.8) is 0 Å². The summed E-state index contributed by atoms with van der Waals surface area (Å²) >= 11 is 8.67. The third-order valence-corrected chi connectivity index (χ3v) is 7.46. The Morgan fingerprint density at radius 1 is 1.21 bits per heavy atom. The predicted molar refractivity (Wildman–Crippen MR) is 112 cm³/mol. The van der Waals surface area contributed by atoms with E-state index >= 15 is 0 Å². The molecule has 0 radical (unpaired) electrons. The molecule has 4 heterocycles. The normalized spacial score (nSPS) is 19.9. The van der Waals surface area contributed by atoms with Crippen molar-refractivity contribution in [3.05, 3.63) is 37.9 Å². The van der Waals surface area contributed by atoms with Crippen LogP contribution in [-0.4, -0.2) is 61.1 Å². The molecule has 6 nitrogen and oxygen atoms in total. The van der Waals surface area contributed by atoms with Gasteiger partial charge in [-0.25, -0.2) is 4.79 Å². The molecule has 0 spiro atoms. The summed E-state index contributed by atoms with van der Waals surface area (Å²) in [6.07, 6.45) is 2.22. The number of likely N-dealkylation sites (tertiary alicyclic amines) is 1. The smallest absolute Gasteiger partial charge is 0.399 e. The molecule has 0 unspecified atom stereocenters. The number of hydrogen-bond donors (Lipinski definition) is 1. The molecule has 2 aliphatic heterocycles. The Hall–Kier alpha value is -1.61. The van der Waals surface area contributed by atoms with Crippen molar-refractivity contribution in [2.24, 2.45) is 0 Å². The van der Waals surface area contributed by atoms with Gasteiger partial charge in [0, 0.05) is 31.1 Å². The number of hydrogen-bond acceptors (Lipinski definition) is 6. The number of nitrogens with one attached hydrogen (secondary N) is 1. The fourth-order valence-electron chi connectivity index (χ4n) is 3.57. The molecule has 4 rings (SSSR count). The Morgan fingerprint density at radius 2 is 2.04 bits per heavy atom. The minimum absolute atomic E-state index is 0.0640. The average Bonchev–Trinajstić information content (AvgIpc) is 3.36. The van der Waals surface area contributed by atoms with E-state index in [4.69, 9.17) is 16.3 Å². The van der Waals surface area contributed by atoms with Crippen molar-refractivity contribution in [2.75, 3.05) is 33.2 Å². The molecule has 9 heteroatoms. The quantitative estimate of drug-likeness (QED) is 0.795. The molecule has 2 aromatic rings. The molecule has 1 fully saturated rings. The summed E-state index contributed by atoms with van der Waals surface area (Å²) in [7, 11) is 2.14. The molecule has 2 amide bonds. The molecular weight excluding hydrogens is 418 g/mol. The van der Waals surface area contributed by atoms with Crippen LogP contribution in [0.1, 0.15) is 26.5 Å². The van der Waals surface area contributed by atoms with Crippen LogP contribution in [0.3, 0.4) is 0 Å². The highest BCUT2D eigenvalue weighted by molar-refractivity contribution is 7.17. The number of amides is 2. The molecule has 2 aliphatic rings. The van der Waals surface area contributed by atoms with Crippen molar-refractivity contribution >= 4 is 46.3 Å². The third-order valence-electron chi connectivity index (χ3n) is 5.13. The minimum Gasteiger partial charge on any atom is -0.399 e. The number of rotatable bonds is 3. The van der Waals surface area contributed by atoms with Crippen LogP contribution >= 0.6 is 34.3 Å². The first-order valence-electron chi connectivity index (χ1n) is 9.31. The largest absolute Gasteiger partial charge is 0.413 e. The van der Waals surface area contributed by atoms with Crippen LogP contribution in [0.4, 0.5) is 4.79 Å². The number of nitrogens with zero attached hydrogens (tertiary/aromatic N) is 2. The highest BCUT2D eigenvalue weighted by atomic mass is 35.5. The standard InChI is InChI=1S/C19H22ClN3O3S2/c1-22-7-4-12-10-15(27-14(12)6-8-22)18(24)23-9-5-13(11-23)21-19(25)26-17-3-2-16(20)28-17/h2-3,10,13H,4-9,11H2,1H3,(H,21,25)/t13-/m1/s1. The van der Waals surface area contributed by atoms with Crippen LogP contribution in [0.5, 0.6) is 5.06 Å². The molecule has 0 aromatic carbocycles. The van der Waals surface area contributed by atoms with Crippen LogP contribution in [0.2, 0.25) is 4.34 Å². The zero-order valence-corrected chi connectivity index (χ0v) is 18.0. The Labute approximate surface area is 177 Å². The number of ether oxygens (including phenoxy) is 1. The second-order valence-electron chi connectivity index (χ2n) is 7.19. The first kappa shape index (κ1) is 19.7. The monoisotopic (exact) mass is 439 g/mol. The highest BCUT2D eigenvalue weighted by Gasteiger charge is 2.30. The Balaban J connectivity index is 1.32. The minimum atomic E-state index is -0.509. The van der Waals surface area contributed by atoms with E-state index in [0.717, 1.165) is 37.2 Å². The van der Waals surface area contributed by atoms with Crippen LogP contribution in [0.15, 0.2) is 18.2 Å². The second-order valence-corrected chi connectivity index (χ2v) is 10.0. The van der Waals surface area contributed by atoms with Crippen LogP contribution < -0.4 is 10.1 Å². The van der Waals surface area contributed by atoms with Gasteiger partial charge in [0.05, 0.1) is 15.3 Å². The van der Waals surface area contributed by atoms with E-state index < -0.39 is 6.09 Å². The number of carbonyl (C=O) groups excluding carboxylic acids is 2. The van der Waals surface area contributed by atoms with Crippen LogP contribution in [0, 0.1) is 0 Å². The van der Waals surface area contributed by atoms with E-state index in [0.29, 0.717) is 22.5 Å². The number of likely N-dealkylation sites (N-methyl/N-ethyl adjacent to an activating group) is 1. The number of thiophene rings is 2. The van der Waals surface area contributed by atoms with E-state index in [-0.39, 0.29) is 11.9 Å². The summed E-state index contributed by atoms with van der Waals surface area (Å²) in [6, 6.07) is 5.32. The van der Waals surface area contributed by atoms with Crippen molar-refractivity contribution in [2.45, 2.75) is 25.3 Å². The van der Waals surface area contributed by atoms with Gasteiger partial charge in [0.2, 0.25) is 0 Å². The van der Waals surface area contributed by atoms with Gasteiger partial charge in [-0.15, -0.1) is 11.3 Å². The lowest BCUT2D eigenvalue weighted by Gasteiger charge is -2.16. The fraction of sp³-hybridized carbons (Fsp3) is 0.474. The van der Waals surface area contributed by atoms with Crippen LogP contribution in [-0.2, 0) is 12.8 Å². The Kier molecular flexibility index (Phi) is 5.91. The van der Waals surface area contributed by atoms with E-state index in [1.807, 2.05) is 4.90 Å². The van der Waals surface area contributed by atoms with Gasteiger partial charge in [0.15, 0.2) is 5.06 Å². The molecule has 28 heavy (non-hydrogen) atoms. The first-order chi connectivity index (χ1) is 13.5. The Morgan fingerprint density at radius 3 is 2.82 bits per heavy atom. The molecule has 0 saturated carbocycles. The third kappa shape index (κ3) is 4.51. The van der Waals surface area contributed by atoms with E-state index in [1.54, 1.807) is 23.5 Å². The van der Waals surface area contributed by atoms with Gasteiger partial charge < -0.3 is 19.9 Å². The fourth-order valence-corrected chi connectivity index (χ4v) is 5.61. The molecule has 0 bridgehead atoms. The molecule has 0 aliphatic carbocycles. The number of carbonyl (C=O) groups is 2. The summed E-state index contributed by atoms with van der Waals surface area (Å²) in [6.45, 7) is 3.21. The van der Waals surface area contributed by atoms with Crippen LogP contribution in [0.25, 0.3) is 0 Å². The van der Waals surface area contributed by atoms with Crippen molar-refractivity contribution in [1.29, 1.82) is 0 Å². The summed E-state index contributed by atoms with van der Waals surface area (Å²) in [5.41, 5.74) is 1.31.